The molecule has 0 unspecified atom stereocenters. The molecule has 0 amide bonds. The third-order valence-electron chi connectivity index (χ3n) is 6.19. The van der Waals surface area contributed by atoms with Gasteiger partial charge in [0.05, 0.1) is 25.4 Å². The van der Waals surface area contributed by atoms with E-state index < -0.39 is 0 Å². The second-order valence-electron chi connectivity index (χ2n) is 8.73. The van der Waals surface area contributed by atoms with Crippen molar-refractivity contribution in [2.24, 2.45) is 11.8 Å². The molecule has 4 heterocycles. The van der Waals surface area contributed by atoms with E-state index in [-0.39, 0.29) is 6.10 Å². The highest BCUT2D eigenvalue weighted by Gasteiger charge is 2.30. The van der Waals surface area contributed by atoms with Crippen LogP contribution in [-0.2, 0) is 9.47 Å². The number of nitrogens with one attached hydrogen (secondary N) is 1. The summed E-state index contributed by atoms with van der Waals surface area (Å²) in [5, 5.41) is 3.63. The Balaban J connectivity index is 1.34. The summed E-state index contributed by atoms with van der Waals surface area (Å²) >= 11 is 0. The molecule has 1 N–H and O–H groups in total. The highest BCUT2D eigenvalue weighted by atomic mass is 16.5. The van der Waals surface area contributed by atoms with E-state index in [0.717, 1.165) is 77.2 Å². The molecule has 0 spiro atoms. The summed E-state index contributed by atoms with van der Waals surface area (Å²) in [5.41, 5.74) is 0. The van der Waals surface area contributed by atoms with Gasteiger partial charge in [-0.25, -0.2) is 4.98 Å². The van der Waals surface area contributed by atoms with E-state index in [4.69, 9.17) is 14.5 Å². The molecular formula is C21H35N5O2. The minimum atomic E-state index is 0.247. The highest BCUT2D eigenvalue weighted by molar-refractivity contribution is 5.43. The molecule has 3 aliphatic heterocycles. The van der Waals surface area contributed by atoms with Gasteiger partial charge in [0, 0.05) is 45.5 Å². The molecule has 1 aromatic rings. The maximum Gasteiger partial charge on any atom is 0.227 e. The number of hydrogen-bond donors (Lipinski definition) is 1. The fourth-order valence-electron chi connectivity index (χ4n) is 4.70. The van der Waals surface area contributed by atoms with Crippen LogP contribution in [0, 0.1) is 11.8 Å². The van der Waals surface area contributed by atoms with Crippen LogP contribution in [0.5, 0.6) is 0 Å². The molecule has 3 fully saturated rings. The van der Waals surface area contributed by atoms with Crippen molar-refractivity contribution in [3.63, 3.8) is 0 Å². The summed E-state index contributed by atoms with van der Waals surface area (Å²) in [4.78, 5) is 14.3. The zero-order chi connectivity index (χ0) is 19.3. The molecule has 28 heavy (non-hydrogen) atoms. The predicted octanol–water partition coefficient (Wildman–Crippen LogP) is 2.25. The summed E-state index contributed by atoms with van der Waals surface area (Å²) in [6, 6.07) is 2.31. The fraction of sp³-hybridized carbons (Fsp3) is 0.810. The van der Waals surface area contributed by atoms with Crippen LogP contribution in [0.2, 0.25) is 0 Å². The lowest BCUT2D eigenvalue weighted by Gasteiger charge is -2.35. The quantitative estimate of drug-likeness (QED) is 0.801. The van der Waals surface area contributed by atoms with Gasteiger partial charge in [-0.3, -0.25) is 4.90 Å². The molecule has 0 radical (unpaired) electrons. The average Bonchev–Trinajstić information content (AvgIpc) is 3.18. The Kier molecular flexibility index (Phi) is 6.65. The molecule has 3 atom stereocenters. The van der Waals surface area contributed by atoms with Crippen molar-refractivity contribution in [2.45, 2.75) is 45.3 Å². The molecule has 0 aromatic carbocycles. The SMILES string of the molecule is CC(C)[C@@H]1OCCC[C@@H]1Nc1ccnc(N2CC[C@@H](CN3CCOCC3)C2)n1. The zero-order valence-corrected chi connectivity index (χ0v) is 17.3. The number of anilines is 2. The Bertz CT molecular complexity index is 623. The largest absolute Gasteiger partial charge is 0.379 e. The normalized spacial score (nSPS) is 29.4. The second kappa shape index (κ2) is 9.37. The van der Waals surface area contributed by atoms with Crippen LogP contribution in [0.3, 0.4) is 0 Å². The topological polar surface area (TPSA) is 62.8 Å². The smallest absolute Gasteiger partial charge is 0.227 e. The lowest BCUT2D eigenvalue weighted by Crippen LogP contribution is -2.43. The first kappa shape index (κ1) is 19.9. The van der Waals surface area contributed by atoms with Crippen LogP contribution in [0.25, 0.3) is 0 Å². The van der Waals surface area contributed by atoms with Crippen molar-refractivity contribution in [1.82, 2.24) is 14.9 Å². The Labute approximate surface area is 168 Å². The van der Waals surface area contributed by atoms with Gasteiger partial charge in [-0.1, -0.05) is 13.8 Å². The number of morpholine rings is 1. The van der Waals surface area contributed by atoms with Crippen LogP contribution in [0.1, 0.15) is 33.1 Å². The Morgan fingerprint density at radius 2 is 2.04 bits per heavy atom. The van der Waals surface area contributed by atoms with E-state index in [1.807, 2.05) is 12.3 Å². The first-order chi connectivity index (χ1) is 13.7. The van der Waals surface area contributed by atoms with E-state index in [0.29, 0.717) is 17.9 Å². The lowest BCUT2D eigenvalue weighted by atomic mass is 9.94. The number of rotatable bonds is 6. The summed E-state index contributed by atoms with van der Waals surface area (Å²) < 4.78 is 11.5. The van der Waals surface area contributed by atoms with Gasteiger partial charge in [0.25, 0.3) is 0 Å². The molecule has 1 aromatic heterocycles. The van der Waals surface area contributed by atoms with E-state index >= 15 is 0 Å². The van der Waals surface area contributed by atoms with Crippen molar-refractivity contribution >= 4 is 11.8 Å². The highest BCUT2D eigenvalue weighted by Crippen LogP contribution is 2.26. The van der Waals surface area contributed by atoms with Gasteiger partial charge in [0.1, 0.15) is 5.82 Å². The molecule has 0 saturated carbocycles. The summed E-state index contributed by atoms with van der Waals surface area (Å²) in [6.07, 6.45) is 5.58. The number of aromatic nitrogens is 2. The van der Waals surface area contributed by atoms with E-state index in [2.05, 4.69) is 33.9 Å². The van der Waals surface area contributed by atoms with E-state index in [9.17, 15) is 0 Å². The average molecular weight is 390 g/mol. The van der Waals surface area contributed by atoms with Crippen molar-refractivity contribution in [2.75, 3.05) is 62.8 Å². The van der Waals surface area contributed by atoms with Crippen LogP contribution < -0.4 is 10.2 Å². The minimum absolute atomic E-state index is 0.247. The first-order valence-electron chi connectivity index (χ1n) is 11.0. The van der Waals surface area contributed by atoms with E-state index in [1.165, 1.54) is 6.42 Å². The monoisotopic (exact) mass is 389 g/mol. The van der Waals surface area contributed by atoms with Gasteiger partial charge in [0.2, 0.25) is 5.95 Å². The minimum Gasteiger partial charge on any atom is -0.379 e. The molecule has 156 valence electrons. The van der Waals surface area contributed by atoms with Crippen molar-refractivity contribution in [3.8, 4) is 0 Å². The molecular weight excluding hydrogens is 354 g/mol. The predicted molar refractivity (Wildman–Crippen MR) is 111 cm³/mol. The number of nitrogens with zero attached hydrogens (tertiary/aromatic N) is 4. The van der Waals surface area contributed by atoms with Gasteiger partial charge in [-0.05, 0) is 37.2 Å². The summed E-state index contributed by atoms with van der Waals surface area (Å²) in [5.74, 6) is 2.96. The molecule has 3 aliphatic rings. The number of hydrogen-bond acceptors (Lipinski definition) is 7. The van der Waals surface area contributed by atoms with Gasteiger partial charge in [-0.2, -0.15) is 4.98 Å². The van der Waals surface area contributed by atoms with Crippen molar-refractivity contribution in [1.29, 1.82) is 0 Å². The standard InChI is InChI=1S/C21H35N5O2/c1-16(2)20-18(4-3-11-28-20)23-19-5-7-22-21(24-19)26-8-6-17(15-26)14-25-9-12-27-13-10-25/h5,7,16-18,20H,3-4,6,8-15H2,1-2H3,(H,22,23,24)/t17-,18-,20-/m0/s1. The molecule has 7 heteroatoms. The van der Waals surface area contributed by atoms with Crippen molar-refractivity contribution < 1.29 is 9.47 Å². The van der Waals surface area contributed by atoms with Gasteiger partial charge < -0.3 is 19.7 Å². The number of ether oxygens (including phenoxy) is 2. The van der Waals surface area contributed by atoms with Gasteiger partial charge in [-0.15, -0.1) is 0 Å². The van der Waals surface area contributed by atoms with Crippen LogP contribution in [0.15, 0.2) is 12.3 Å². The van der Waals surface area contributed by atoms with Gasteiger partial charge in [0.15, 0.2) is 0 Å². The fourth-order valence-corrected chi connectivity index (χ4v) is 4.70. The molecule has 0 bridgehead atoms. The lowest BCUT2D eigenvalue weighted by molar-refractivity contribution is -0.0203. The van der Waals surface area contributed by atoms with Crippen LogP contribution in [0.4, 0.5) is 11.8 Å². The molecule has 0 aliphatic carbocycles. The maximum atomic E-state index is 6.01. The summed E-state index contributed by atoms with van der Waals surface area (Å²) in [6.45, 7) is 12.4. The van der Waals surface area contributed by atoms with Crippen LogP contribution in [-0.4, -0.2) is 79.6 Å². The molecule has 3 saturated heterocycles. The Morgan fingerprint density at radius 1 is 1.18 bits per heavy atom. The third-order valence-corrected chi connectivity index (χ3v) is 6.19. The molecule has 7 nitrogen and oxygen atoms in total. The van der Waals surface area contributed by atoms with Crippen molar-refractivity contribution in [3.05, 3.63) is 12.3 Å². The molecule has 4 rings (SSSR count). The zero-order valence-electron chi connectivity index (χ0n) is 17.3. The third kappa shape index (κ3) is 4.93. The second-order valence-corrected chi connectivity index (χ2v) is 8.73. The van der Waals surface area contributed by atoms with Crippen LogP contribution >= 0.6 is 0 Å². The Hall–Kier alpha value is -1.44. The Morgan fingerprint density at radius 3 is 2.86 bits per heavy atom. The van der Waals surface area contributed by atoms with Gasteiger partial charge >= 0.3 is 0 Å². The van der Waals surface area contributed by atoms with E-state index in [1.54, 1.807) is 0 Å². The maximum absolute atomic E-state index is 6.01. The first-order valence-corrected chi connectivity index (χ1v) is 11.0. The summed E-state index contributed by atoms with van der Waals surface area (Å²) in [7, 11) is 0.